The molecule has 5 heteroatoms. The molecule has 60 heavy (non-hydrogen) atoms. The van der Waals surface area contributed by atoms with Crippen molar-refractivity contribution in [2.75, 3.05) is 26.2 Å². The highest BCUT2D eigenvalue weighted by molar-refractivity contribution is 6.07. The van der Waals surface area contributed by atoms with E-state index in [9.17, 15) is 0 Å². The first-order valence-electron chi connectivity index (χ1n) is 21.7. The molecule has 0 spiro atoms. The van der Waals surface area contributed by atoms with Crippen molar-refractivity contribution < 1.29 is 0 Å². The molecule has 2 aliphatic rings. The lowest BCUT2D eigenvalue weighted by Crippen LogP contribution is -2.35. The normalized spacial score (nSPS) is 12.4. The van der Waals surface area contributed by atoms with Crippen LogP contribution in [0.1, 0.15) is 108 Å². The second-order valence-corrected chi connectivity index (χ2v) is 13.8. The molecule has 0 bridgehead atoms. The van der Waals surface area contributed by atoms with Gasteiger partial charge in [0, 0.05) is 42.8 Å². The van der Waals surface area contributed by atoms with Gasteiger partial charge in [0.2, 0.25) is 0 Å². The molecule has 0 aromatic heterocycles. The topological polar surface area (TPSA) is 57.2 Å². The largest absolute Gasteiger partial charge is 0.405 e. The van der Waals surface area contributed by atoms with Gasteiger partial charge in [0.1, 0.15) is 5.84 Å². The van der Waals surface area contributed by atoms with Gasteiger partial charge in [-0.05, 0) is 118 Å². The summed E-state index contributed by atoms with van der Waals surface area (Å²) in [4.78, 5) is 14.8. The quantitative estimate of drug-likeness (QED) is 0.0571. The van der Waals surface area contributed by atoms with Crippen LogP contribution in [0.2, 0.25) is 0 Å². The molecule has 5 nitrogen and oxygen atoms in total. The number of aliphatic imine (C=N–C) groups is 2. The highest BCUT2D eigenvalue weighted by Crippen LogP contribution is 2.32. The fraction of sp³-hybridized carbons (Fsp3) is 0.345. The fourth-order valence-electron chi connectivity index (χ4n) is 6.68. The summed E-state index contributed by atoms with van der Waals surface area (Å²) in [5.74, 6) is 7.72. The average Bonchev–Trinajstić information content (AvgIpc) is 3.73. The van der Waals surface area contributed by atoms with Crippen molar-refractivity contribution >= 4 is 28.0 Å². The number of unbranched alkanes of at least 4 members (excludes halogenated alkanes) is 1. The van der Waals surface area contributed by atoms with Gasteiger partial charge >= 0.3 is 0 Å². The zero-order valence-corrected chi connectivity index (χ0v) is 38.7. The van der Waals surface area contributed by atoms with Crippen LogP contribution in [0.5, 0.6) is 0 Å². The Hall–Kier alpha value is -5.70. The third kappa shape index (κ3) is 16.9. The third-order valence-corrected chi connectivity index (χ3v) is 9.89. The minimum atomic E-state index is 0.852. The number of nitrogens with two attached hydrogens (primary N) is 1. The Morgan fingerprint density at radius 3 is 2.17 bits per heavy atom. The van der Waals surface area contributed by atoms with Gasteiger partial charge in [0.25, 0.3) is 0 Å². The van der Waals surface area contributed by atoms with Gasteiger partial charge in [-0.3, -0.25) is 4.99 Å². The first-order chi connectivity index (χ1) is 29.2. The van der Waals surface area contributed by atoms with Gasteiger partial charge in [-0.2, -0.15) is 0 Å². The SMILES string of the molecule is C=C.C=CCCCN(CC)CCC=C.C=CN.CC.CC.CC(=N/C(C)=C(\C)C#Cc1ccc2cc(C)ccc2c1)N1CCc2cccc(C3=Nc4ccccc4C3)c2C1. The molecule has 2 N–H and O–H groups in total. The van der Waals surface area contributed by atoms with Crippen molar-refractivity contribution in [3.8, 4) is 11.8 Å². The number of amidine groups is 1. The van der Waals surface area contributed by atoms with Crippen LogP contribution in [0.15, 0.2) is 151 Å². The molecule has 2 aliphatic heterocycles. The van der Waals surface area contributed by atoms with Crippen molar-refractivity contribution in [1.29, 1.82) is 0 Å². The molecule has 0 saturated carbocycles. The van der Waals surface area contributed by atoms with E-state index in [0.717, 1.165) is 80.2 Å². The summed E-state index contributed by atoms with van der Waals surface area (Å²) in [6, 6.07) is 28.1. The third-order valence-electron chi connectivity index (χ3n) is 9.89. The van der Waals surface area contributed by atoms with Crippen LogP contribution < -0.4 is 5.73 Å². The minimum absolute atomic E-state index is 0.852. The fourth-order valence-corrected chi connectivity index (χ4v) is 6.68. The van der Waals surface area contributed by atoms with Crippen LogP contribution in [0.4, 0.5) is 5.69 Å². The Bertz CT molecular complexity index is 2090. The standard InChI is InChI=1S/C36H33N3.C11H21N.C2H5N.2C2H6.C2H4/c1-24-12-16-31-21-28(15-17-30(31)20-24)14-13-25(2)26(3)37-27(4)39-19-18-29-9-7-10-33(34(29)23-39)36-22-32-8-5-6-11-35(32)38-36;1-4-7-9-11-12(6-3)10-8-5-2;1-2-3;3*1-2/h5-12,15-17,20-21H,18-19,22-23H2,1-4H3;4-5H,1-2,6-11H2,3H3;2H,1,3H2;2*1-2H3;1-2H2/b26-25+,37-27?;;;;;. The van der Waals surface area contributed by atoms with E-state index in [2.05, 4.69) is 174 Å². The Morgan fingerprint density at radius 2 is 1.50 bits per heavy atom. The molecule has 320 valence electrons. The van der Waals surface area contributed by atoms with Crippen LogP contribution in [0, 0.1) is 18.8 Å². The number of fused-ring (bicyclic) bond motifs is 3. The van der Waals surface area contributed by atoms with E-state index in [1.165, 1.54) is 63.5 Å². The first-order valence-corrected chi connectivity index (χ1v) is 21.7. The zero-order valence-electron chi connectivity index (χ0n) is 38.7. The van der Waals surface area contributed by atoms with Gasteiger partial charge in [0.05, 0.1) is 17.1 Å². The lowest BCUT2D eigenvalue weighted by molar-refractivity contribution is 0.291. The van der Waals surface area contributed by atoms with E-state index in [-0.39, 0.29) is 0 Å². The van der Waals surface area contributed by atoms with Gasteiger partial charge in [-0.25, -0.2) is 4.99 Å². The number of aryl methyl sites for hydroxylation is 1. The van der Waals surface area contributed by atoms with Gasteiger partial charge < -0.3 is 15.5 Å². The number of allylic oxidation sites excluding steroid dienone is 3. The van der Waals surface area contributed by atoms with Crippen molar-refractivity contribution in [3.63, 3.8) is 0 Å². The smallest absolute Gasteiger partial charge is 0.102 e. The van der Waals surface area contributed by atoms with Crippen molar-refractivity contribution in [2.24, 2.45) is 15.7 Å². The van der Waals surface area contributed by atoms with E-state index in [0.29, 0.717) is 0 Å². The molecule has 0 unspecified atom stereocenters. The molecule has 0 saturated heterocycles. The van der Waals surface area contributed by atoms with Crippen LogP contribution in [-0.2, 0) is 19.4 Å². The number of rotatable bonds is 10. The van der Waals surface area contributed by atoms with E-state index < -0.39 is 0 Å². The highest BCUT2D eigenvalue weighted by Gasteiger charge is 2.24. The Kier molecular flexibility index (Phi) is 26.5. The monoisotopic (exact) mass is 806 g/mol. The van der Waals surface area contributed by atoms with Crippen molar-refractivity contribution in [1.82, 2.24) is 9.80 Å². The molecule has 4 aromatic rings. The maximum atomic E-state index is 4.99. The Morgan fingerprint density at radius 1 is 0.850 bits per heavy atom. The number of hydrogen-bond donors (Lipinski definition) is 1. The molecule has 0 aliphatic carbocycles. The molecule has 2 heterocycles. The summed E-state index contributed by atoms with van der Waals surface area (Å²) in [5, 5.41) is 2.47. The minimum Gasteiger partial charge on any atom is -0.405 e. The van der Waals surface area contributed by atoms with Crippen LogP contribution in [-0.4, -0.2) is 47.5 Å². The Balaban J connectivity index is 0.000000723. The molecule has 6 rings (SSSR count). The molecule has 0 atom stereocenters. The van der Waals surface area contributed by atoms with E-state index in [1.54, 1.807) is 0 Å². The summed E-state index contributed by atoms with van der Waals surface area (Å²) in [6.07, 6.45) is 10.6. The van der Waals surface area contributed by atoms with Gasteiger partial charge in [-0.15, -0.1) is 26.3 Å². The summed E-state index contributed by atoms with van der Waals surface area (Å²) in [7, 11) is 0. The maximum absolute atomic E-state index is 4.99. The number of para-hydroxylation sites is 1. The van der Waals surface area contributed by atoms with E-state index >= 15 is 0 Å². The predicted molar refractivity (Wildman–Crippen MR) is 269 cm³/mol. The first kappa shape index (κ1) is 52.3. The van der Waals surface area contributed by atoms with Crippen LogP contribution in [0.3, 0.4) is 0 Å². The highest BCUT2D eigenvalue weighted by atomic mass is 15.2. The van der Waals surface area contributed by atoms with Crippen LogP contribution in [0.25, 0.3) is 10.8 Å². The molecule has 4 aromatic carbocycles. The van der Waals surface area contributed by atoms with Crippen molar-refractivity contribution in [3.05, 3.63) is 175 Å². The Labute approximate surface area is 365 Å². The van der Waals surface area contributed by atoms with Crippen LogP contribution >= 0.6 is 0 Å². The predicted octanol–water partition coefficient (Wildman–Crippen LogP) is 13.7. The lowest BCUT2D eigenvalue weighted by Gasteiger charge is -2.32. The summed E-state index contributed by atoms with van der Waals surface area (Å²) < 4.78 is 0. The molecular weight excluding hydrogens is 731 g/mol. The van der Waals surface area contributed by atoms with Gasteiger partial charge in [-0.1, -0.05) is 131 Å². The lowest BCUT2D eigenvalue weighted by atomic mass is 9.91. The number of hydrogen-bond acceptors (Lipinski definition) is 4. The second-order valence-electron chi connectivity index (χ2n) is 13.8. The summed E-state index contributed by atoms with van der Waals surface area (Å²) in [6.45, 7) is 40.4. The van der Waals surface area contributed by atoms with Crippen molar-refractivity contribution in [2.45, 2.75) is 101 Å². The summed E-state index contributed by atoms with van der Waals surface area (Å²) in [5.41, 5.74) is 16.5. The van der Waals surface area contributed by atoms with E-state index in [1.807, 2.05) is 39.8 Å². The molecule has 0 amide bonds. The maximum Gasteiger partial charge on any atom is 0.102 e. The zero-order chi connectivity index (χ0) is 44.9. The second kappa shape index (κ2) is 30.4. The number of benzene rings is 4. The molecule has 0 radical (unpaired) electrons. The average molecular weight is 806 g/mol. The van der Waals surface area contributed by atoms with Gasteiger partial charge in [0.15, 0.2) is 0 Å². The molecular formula is C55H75N5. The molecule has 0 fully saturated rings. The summed E-state index contributed by atoms with van der Waals surface area (Å²) >= 11 is 0. The number of nitrogens with zero attached hydrogens (tertiary/aromatic N) is 4. The van der Waals surface area contributed by atoms with E-state index in [4.69, 9.17) is 9.98 Å².